The zero-order valence-corrected chi connectivity index (χ0v) is 14.4. The number of benzene rings is 1. The van der Waals surface area contributed by atoms with E-state index in [-0.39, 0.29) is 17.8 Å². The number of fused-ring (bicyclic) bond motifs is 4. The van der Waals surface area contributed by atoms with E-state index in [9.17, 15) is 22.4 Å². The average Bonchev–Trinajstić information content (AvgIpc) is 2.97. The Hall–Kier alpha value is -3.15. The van der Waals surface area contributed by atoms with Crippen LogP contribution in [0.3, 0.4) is 0 Å². The van der Waals surface area contributed by atoms with E-state index in [1.165, 1.54) is 12.3 Å². The van der Waals surface area contributed by atoms with E-state index < -0.39 is 29.3 Å². The van der Waals surface area contributed by atoms with Crippen molar-refractivity contribution in [3.63, 3.8) is 0 Å². The monoisotopic (exact) mass is 390 g/mol. The predicted octanol–water partition coefficient (Wildman–Crippen LogP) is 4.40. The fraction of sp³-hybridized carbons (Fsp3) is 0.316. The van der Waals surface area contributed by atoms with Crippen LogP contribution in [0.15, 0.2) is 30.5 Å². The summed E-state index contributed by atoms with van der Waals surface area (Å²) in [6.45, 7) is 0. The topological polar surface area (TPSA) is 69.0 Å². The second-order valence-electron chi connectivity index (χ2n) is 6.83. The Balaban J connectivity index is 1.59. The molecule has 0 aliphatic carbocycles. The van der Waals surface area contributed by atoms with Crippen LogP contribution in [-0.2, 0) is 12.6 Å². The number of alkyl halides is 3. The molecule has 2 aliphatic rings. The number of carbonyl (C=O) groups is 1. The summed E-state index contributed by atoms with van der Waals surface area (Å²) in [5.74, 6) is -0.532. The number of amides is 2. The molecule has 28 heavy (non-hydrogen) atoms. The van der Waals surface area contributed by atoms with Gasteiger partial charge in [0.2, 0.25) is 5.95 Å². The van der Waals surface area contributed by atoms with Crippen LogP contribution in [0.4, 0.5) is 28.0 Å². The SMILES string of the molecule is N#Cc1cc(NC(=O)N2[C@H]3CC[C@@H]2c2ccnc(F)c2C3)ccc1C(F)(F)F. The summed E-state index contributed by atoms with van der Waals surface area (Å²) in [6, 6.07) is 5.09. The van der Waals surface area contributed by atoms with Crippen molar-refractivity contribution in [2.24, 2.45) is 0 Å². The van der Waals surface area contributed by atoms with Crippen LogP contribution in [0.2, 0.25) is 0 Å². The highest BCUT2D eigenvalue weighted by molar-refractivity contribution is 5.90. The first-order valence-electron chi connectivity index (χ1n) is 8.63. The average molecular weight is 390 g/mol. The molecule has 2 aromatic rings. The van der Waals surface area contributed by atoms with Crippen molar-refractivity contribution in [2.45, 2.75) is 37.5 Å². The van der Waals surface area contributed by atoms with E-state index in [1.807, 2.05) is 0 Å². The summed E-state index contributed by atoms with van der Waals surface area (Å²) in [6.07, 6.45) is -1.58. The lowest BCUT2D eigenvalue weighted by Crippen LogP contribution is -2.44. The maximum atomic E-state index is 14.0. The van der Waals surface area contributed by atoms with Gasteiger partial charge in [-0.25, -0.2) is 9.78 Å². The van der Waals surface area contributed by atoms with Gasteiger partial charge in [0.25, 0.3) is 0 Å². The summed E-state index contributed by atoms with van der Waals surface area (Å²) in [5.41, 5.74) is -0.295. The van der Waals surface area contributed by atoms with Gasteiger partial charge in [-0.3, -0.25) is 0 Å². The lowest BCUT2D eigenvalue weighted by molar-refractivity contribution is -0.137. The molecule has 1 saturated heterocycles. The van der Waals surface area contributed by atoms with Gasteiger partial charge in [-0.05, 0) is 49.1 Å². The van der Waals surface area contributed by atoms with Gasteiger partial charge in [-0.2, -0.15) is 22.8 Å². The number of nitrogens with one attached hydrogen (secondary N) is 1. The first-order chi connectivity index (χ1) is 13.3. The Morgan fingerprint density at radius 3 is 2.79 bits per heavy atom. The number of aromatic nitrogens is 1. The Morgan fingerprint density at radius 1 is 1.29 bits per heavy atom. The van der Waals surface area contributed by atoms with E-state index >= 15 is 0 Å². The number of hydrogen-bond acceptors (Lipinski definition) is 3. The molecule has 0 spiro atoms. The molecule has 2 atom stereocenters. The molecule has 1 N–H and O–H groups in total. The first kappa shape index (κ1) is 18.2. The number of rotatable bonds is 1. The largest absolute Gasteiger partial charge is 0.417 e. The van der Waals surface area contributed by atoms with Gasteiger partial charge in [0.15, 0.2) is 0 Å². The molecule has 2 aliphatic heterocycles. The Bertz CT molecular complexity index is 998. The van der Waals surface area contributed by atoms with E-state index in [0.717, 1.165) is 18.2 Å². The standard InChI is InChI=1S/C19H14F4N4O/c20-17-14-8-12-2-4-16(13(14)5-6-25-17)27(12)18(28)26-11-1-3-15(19(21,22)23)10(7-11)9-24/h1,3,5-7,12,16H,2,4,8H2,(H,26,28)/t12-,16+/m0/s1. The number of anilines is 1. The van der Waals surface area contributed by atoms with Gasteiger partial charge < -0.3 is 10.2 Å². The molecule has 1 aromatic carbocycles. The van der Waals surface area contributed by atoms with Crippen molar-refractivity contribution in [1.29, 1.82) is 5.26 Å². The number of nitrogens with zero attached hydrogens (tertiary/aromatic N) is 3. The molecule has 0 unspecified atom stereocenters. The third kappa shape index (κ3) is 2.95. The number of nitriles is 1. The fourth-order valence-electron chi connectivity index (χ4n) is 4.08. The molecule has 9 heteroatoms. The van der Waals surface area contributed by atoms with Crippen LogP contribution < -0.4 is 5.32 Å². The van der Waals surface area contributed by atoms with Crippen molar-refractivity contribution in [3.05, 3.63) is 58.7 Å². The molecule has 1 fully saturated rings. The van der Waals surface area contributed by atoms with Crippen LogP contribution >= 0.6 is 0 Å². The third-order valence-electron chi connectivity index (χ3n) is 5.27. The van der Waals surface area contributed by atoms with Crippen molar-refractivity contribution in [3.8, 4) is 6.07 Å². The number of halogens is 4. The zero-order chi connectivity index (χ0) is 20.1. The summed E-state index contributed by atoms with van der Waals surface area (Å²) in [4.78, 5) is 18.1. The normalized spacial score (nSPS) is 20.5. The van der Waals surface area contributed by atoms with Crippen LogP contribution in [-0.4, -0.2) is 22.0 Å². The lowest BCUT2D eigenvalue weighted by atomic mass is 9.95. The smallest absolute Gasteiger partial charge is 0.314 e. The molecule has 3 heterocycles. The number of pyridine rings is 1. The maximum absolute atomic E-state index is 14.0. The molecule has 144 valence electrons. The quantitative estimate of drug-likeness (QED) is 0.580. The van der Waals surface area contributed by atoms with Crippen molar-refractivity contribution < 1.29 is 22.4 Å². The highest BCUT2D eigenvalue weighted by Gasteiger charge is 2.43. The molecule has 0 saturated carbocycles. The second kappa shape index (κ2) is 6.48. The van der Waals surface area contributed by atoms with E-state index in [0.29, 0.717) is 30.4 Å². The third-order valence-corrected chi connectivity index (χ3v) is 5.27. The molecule has 0 radical (unpaired) electrons. The minimum atomic E-state index is -4.65. The van der Waals surface area contributed by atoms with Crippen molar-refractivity contribution in [1.82, 2.24) is 9.88 Å². The van der Waals surface area contributed by atoms with Gasteiger partial charge in [-0.1, -0.05) is 0 Å². The van der Waals surface area contributed by atoms with Crippen LogP contribution in [0, 0.1) is 17.3 Å². The number of hydrogen-bond donors (Lipinski definition) is 1. The van der Waals surface area contributed by atoms with Crippen molar-refractivity contribution in [2.75, 3.05) is 5.32 Å². The molecule has 5 nitrogen and oxygen atoms in total. The number of urea groups is 1. The molecular formula is C19H14F4N4O. The van der Waals surface area contributed by atoms with Gasteiger partial charge in [0.1, 0.15) is 0 Å². The van der Waals surface area contributed by atoms with Gasteiger partial charge in [0, 0.05) is 23.5 Å². The number of carbonyl (C=O) groups excluding carboxylic acids is 1. The lowest BCUT2D eigenvalue weighted by Gasteiger charge is -2.36. The highest BCUT2D eigenvalue weighted by Crippen LogP contribution is 2.44. The maximum Gasteiger partial charge on any atom is 0.417 e. The Labute approximate surface area is 157 Å². The summed E-state index contributed by atoms with van der Waals surface area (Å²) >= 11 is 0. The Kier molecular flexibility index (Phi) is 4.22. The first-order valence-corrected chi connectivity index (χ1v) is 8.63. The molecule has 4 rings (SSSR count). The van der Waals surface area contributed by atoms with Gasteiger partial charge >= 0.3 is 12.2 Å². The van der Waals surface area contributed by atoms with Crippen LogP contribution in [0.25, 0.3) is 0 Å². The second-order valence-corrected chi connectivity index (χ2v) is 6.83. The van der Waals surface area contributed by atoms with Gasteiger partial charge in [-0.15, -0.1) is 0 Å². The van der Waals surface area contributed by atoms with Gasteiger partial charge in [0.05, 0.1) is 23.2 Å². The summed E-state index contributed by atoms with van der Waals surface area (Å²) in [5, 5.41) is 11.6. The van der Waals surface area contributed by atoms with Crippen LogP contribution in [0.5, 0.6) is 0 Å². The molecular weight excluding hydrogens is 376 g/mol. The minimum absolute atomic E-state index is 0.0978. The fourth-order valence-corrected chi connectivity index (χ4v) is 4.08. The predicted molar refractivity (Wildman–Crippen MR) is 90.7 cm³/mol. The van der Waals surface area contributed by atoms with E-state index in [4.69, 9.17) is 5.26 Å². The molecule has 1 aromatic heterocycles. The molecule has 2 amide bonds. The summed E-state index contributed by atoms with van der Waals surface area (Å²) in [7, 11) is 0. The van der Waals surface area contributed by atoms with Crippen molar-refractivity contribution >= 4 is 11.7 Å². The minimum Gasteiger partial charge on any atom is -0.314 e. The van der Waals surface area contributed by atoms with Crippen LogP contribution in [0.1, 0.15) is 41.1 Å². The van der Waals surface area contributed by atoms with E-state index in [1.54, 1.807) is 11.0 Å². The summed E-state index contributed by atoms with van der Waals surface area (Å²) < 4.78 is 52.8. The molecule has 2 bridgehead atoms. The zero-order valence-electron chi connectivity index (χ0n) is 14.4. The highest BCUT2D eigenvalue weighted by atomic mass is 19.4. The van der Waals surface area contributed by atoms with E-state index in [2.05, 4.69) is 10.3 Å². The Morgan fingerprint density at radius 2 is 2.07 bits per heavy atom.